The van der Waals surface area contributed by atoms with Gasteiger partial charge in [-0.1, -0.05) is 35.3 Å². The first-order valence-electron chi connectivity index (χ1n) is 8.69. The molecule has 148 valence electrons. The Hall–Kier alpha value is -3.09. The third-order valence-corrected chi connectivity index (χ3v) is 4.83. The average molecular weight is 429 g/mol. The van der Waals surface area contributed by atoms with Crippen LogP contribution in [0.3, 0.4) is 0 Å². The second-order valence-corrected chi connectivity index (χ2v) is 7.04. The first kappa shape index (κ1) is 20.6. The summed E-state index contributed by atoms with van der Waals surface area (Å²) in [6.45, 7) is 1.81. The van der Waals surface area contributed by atoms with Gasteiger partial charge >= 0.3 is 0 Å². The quantitative estimate of drug-likeness (QED) is 0.564. The van der Waals surface area contributed by atoms with Gasteiger partial charge in [0, 0.05) is 29.4 Å². The first-order chi connectivity index (χ1) is 13.8. The van der Waals surface area contributed by atoms with Gasteiger partial charge in [-0.3, -0.25) is 14.3 Å². The molecule has 0 saturated carbocycles. The van der Waals surface area contributed by atoms with Gasteiger partial charge in [0.05, 0.1) is 16.9 Å². The lowest BCUT2D eigenvalue weighted by molar-refractivity contribution is -0.111. The summed E-state index contributed by atoms with van der Waals surface area (Å²) in [5.41, 5.74) is 2.70. The van der Waals surface area contributed by atoms with E-state index in [1.54, 1.807) is 68.6 Å². The SMILES string of the molecule is Cc1nn(C)c(Cl)c1/C=C/C(=O)Nc1ccccc1C(=O)Nc1ccc(Cl)cc1. The maximum absolute atomic E-state index is 12.6. The van der Waals surface area contributed by atoms with Gasteiger partial charge in [0.25, 0.3) is 5.91 Å². The molecule has 2 N–H and O–H groups in total. The van der Waals surface area contributed by atoms with Crippen molar-refractivity contribution in [1.29, 1.82) is 0 Å². The zero-order chi connectivity index (χ0) is 21.0. The summed E-state index contributed by atoms with van der Waals surface area (Å²) < 4.78 is 1.53. The Kier molecular flexibility index (Phi) is 6.36. The molecule has 8 heteroatoms. The van der Waals surface area contributed by atoms with Crippen molar-refractivity contribution in [2.45, 2.75) is 6.92 Å². The Morgan fingerprint density at radius 3 is 2.38 bits per heavy atom. The van der Waals surface area contributed by atoms with E-state index in [4.69, 9.17) is 23.2 Å². The number of aryl methyl sites for hydroxylation is 2. The third kappa shape index (κ3) is 5.04. The van der Waals surface area contributed by atoms with Crippen LogP contribution < -0.4 is 10.6 Å². The largest absolute Gasteiger partial charge is 0.322 e. The highest BCUT2D eigenvalue weighted by Crippen LogP contribution is 2.21. The minimum absolute atomic E-state index is 0.333. The smallest absolute Gasteiger partial charge is 0.257 e. The highest BCUT2D eigenvalue weighted by atomic mass is 35.5. The monoisotopic (exact) mass is 428 g/mol. The number of para-hydroxylation sites is 1. The van der Waals surface area contributed by atoms with Crippen LogP contribution in [0.15, 0.2) is 54.6 Å². The van der Waals surface area contributed by atoms with Gasteiger partial charge in [0.1, 0.15) is 5.15 Å². The maximum Gasteiger partial charge on any atom is 0.257 e. The molecule has 6 nitrogen and oxygen atoms in total. The number of nitrogens with one attached hydrogen (secondary N) is 2. The minimum atomic E-state index is -0.393. The number of aromatic nitrogens is 2. The molecule has 1 aromatic heterocycles. The molecule has 0 spiro atoms. The summed E-state index contributed by atoms with van der Waals surface area (Å²) in [5.74, 6) is -0.741. The van der Waals surface area contributed by atoms with Crippen molar-refractivity contribution in [2.24, 2.45) is 7.05 Å². The Labute approximate surface area is 178 Å². The Morgan fingerprint density at radius 2 is 1.72 bits per heavy atom. The normalized spacial score (nSPS) is 10.9. The van der Waals surface area contributed by atoms with Crippen molar-refractivity contribution in [3.63, 3.8) is 0 Å². The molecule has 0 aliphatic carbocycles. The van der Waals surface area contributed by atoms with Crippen LogP contribution in [-0.4, -0.2) is 21.6 Å². The fraction of sp³-hybridized carbons (Fsp3) is 0.0952. The van der Waals surface area contributed by atoms with Gasteiger partial charge in [-0.2, -0.15) is 5.10 Å². The van der Waals surface area contributed by atoms with Crippen molar-refractivity contribution in [3.05, 3.63) is 81.6 Å². The lowest BCUT2D eigenvalue weighted by atomic mass is 10.1. The summed E-state index contributed by atoms with van der Waals surface area (Å²) in [6.07, 6.45) is 2.94. The predicted molar refractivity (Wildman–Crippen MR) is 116 cm³/mol. The van der Waals surface area contributed by atoms with Gasteiger partial charge in [0.2, 0.25) is 5.91 Å². The second kappa shape index (κ2) is 8.94. The summed E-state index contributed by atoms with van der Waals surface area (Å²) in [4.78, 5) is 25.0. The van der Waals surface area contributed by atoms with Crippen LogP contribution in [0.5, 0.6) is 0 Å². The molecule has 2 amide bonds. The van der Waals surface area contributed by atoms with Crippen LogP contribution in [0.2, 0.25) is 10.2 Å². The van der Waals surface area contributed by atoms with E-state index in [9.17, 15) is 9.59 Å². The first-order valence-corrected chi connectivity index (χ1v) is 9.45. The van der Waals surface area contributed by atoms with Crippen molar-refractivity contribution in [2.75, 3.05) is 10.6 Å². The van der Waals surface area contributed by atoms with Crippen LogP contribution in [-0.2, 0) is 11.8 Å². The van der Waals surface area contributed by atoms with E-state index in [-0.39, 0.29) is 5.91 Å². The number of halogens is 2. The molecule has 29 heavy (non-hydrogen) atoms. The number of hydrogen-bond donors (Lipinski definition) is 2. The van der Waals surface area contributed by atoms with E-state index >= 15 is 0 Å². The van der Waals surface area contributed by atoms with Gasteiger partial charge < -0.3 is 10.6 Å². The Morgan fingerprint density at radius 1 is 1.03 bits per heavy atom. The molecule has 0 fully saturated rings. The number of benzene rings is 2. The van der Waals surface area contributed by atoms with Crippen molar-refractivity contribution in [1.82, 2.24) is 9.78 Å². The molecule has 0 radical (unpaired) electrons. The number of amides is 2. The molecule has 0 saturated heterocycles. The highest BCUT2D eigenvalue weighted by molar-refractivity contribution is 6.31. The Balaban J connectivity index is 1.74. The van der Waals surface area contributed by atoms with Crippen LogP contribution in [0.4, 0.5) is 11.4 Å². The lowest BCUT2D eigenvalue weighted by Crippen LogP contribution is -2.17. The summed E-state index contributed by atoms with van der Waals surface area (Å²) in [6, 6.07) is 13.5. The van der Waals surface area contributed by atoms with Crippen LogP contribution >= 0.6 is 23.2 Å². The fourth-order valence-corrected chi connectivity index (χ4v) is 3.05. The van der Waals surface area contributed by atoms with E-state index in [0.717, 1.165) is 0 Å². The van der Waals surface area contributed by atoms with Gasteiger partial charge in [-0.15, -0.1) is 0 Å². The number of nitrogens with zero attached hydrogens (tertiary/aromatic N) is 2. The number of carbonyl (C=O) groups excluding carboxylic acids is 2. The van der Waals surface area contributed by atoms with Gasteiger partial charge in [0.15, 0.2) is 0 Å². The predicted octanol–water partition coefficient (Wildman–Crippen LogP) is 4.94. The van der Waals surface area contributed by atoms with Crippen LogP contribution in [0, 0.1) is 6.92 Å². The average Bonchev–Trinajstić information content (AvgIpc) is 2.94. The number of hydrogen-bond acceptors (Lipinski definition) is 3. The molecule has 0 aliphatic rings. The Bertz CT molecular complexity index is 1090. The van der Waals surface area contributed by atoms with Crippen LogP contribution in [0.1, 0.15) is 21.6 Å². The second-order valence-electron chi connectivity index (χ2n) is 6.24. The molecular formula is C21H18Cl2N4O2. The molecule has 3 rings (SSSR count). The minimum Gasteiger partial charge on any atom is -0.322 e. The molecule has 3 aromatic rings. The van der Waals surface area contributed by atoms with E-state index in [0.29, 0.717) is 38.4 Å². The van der Waals surface area contributed by atoms with Gasteiger partial charge in [-0.05, 0) is 49.4 Å². The van der Waals surface area contributed by atoms with E-state index in [2.05, 4.69) is 15.7 Å². The highest BCUT2D eigenvalue weighted by Gasteiger charge is 2.13. The molecule has 0 atom stereocenters. The molecule has 0 unspecified atom stereocenters. The zero-order valence-electron chi connectivity index (χ0n) is 15.7. The maximum atomic E-state index is 12.6. The molecule has 0 bridgehead atoms. The topological polar surface area (TPSA) is 76.0 Å². The third-order valence-electron chi connectivity index (χ3n) is 4.13. The number of carbonyl (C=O) groups is 2. The molecule has 2 aromatic carbocycles. The fourth-order valence-electron chi connectivity index (χ4n) is 2.69. The molecular weight excluding hydrogens is 411 g/mol. The summed E-state index contributed by atoms with van der Waals surface area (Å²) in [7, 11) is 1.72. The van der Waals surface area contributed by atoms with E-state index < -0.39 is 5.91 Å². The standard InChI is InChI=1S/C21H18Cl2N4O2/c1-13-16(20(23)27(2)26-13)11-12-19(28)25-18-6-4-3-5-17(18)21(29)24-15-9-7-14(22)8-10-15/h3-12H,1-2H3,(H,24,29)(H,25,28)/b12-11+. The number of anilines is 2. The van der Waals surface area contributed by atoms with Gasteiger partial charge in [-0.25, -0.2) is 0 Å². The molecule has 1 heterocycles. The van der Waals surface area contributed by atoms with Crippen molar-refractivity contribution < 1.29 is 9.59 Å². The number of rotatable bonds is 5. The van der Waals surface area contributed by atoms with Crippen LogP contribution in [0.25, 0.3) is 6.08 Å². The van der Waals surface area contributed by atoms with E-state index in [1.165, 1.54) is 10.8 Å². The van der Waals surface area contributed by atoms with E-state index in [1.807, 2.05) is 0 Å². The van der Waals surface area contributed by atoms with Crippen molar-refractivity contribution >= 4 is 52.5 Å². The zero-order valence-corrected chi connectivity index (χ0v) is 17.3. The van der Waals surface area contributed by atoms with Crippen molar-refractivity contribution in [3.8, 4) is 0 Å². The lowest BCUT2D eigenvalue weighted by Gasteiger charge is -2.10. The summed E-state index contributed by atoms with van der Waals surface area (Å²) >= 11 is 12.0. The summed E-state index contributed by atoms with van der Waals surface area (Å²) in [5, 5.41) is 10.7. The molecule has 0 aliphatic heterocycles.